The number of halogens is 1. The number of aromatic nitrogens is 3. The number of hydrogen-bond donors (Lipinski definition) is 2. The molecule has 1 aromatic carbocycles. The van der Waals surface area contributed by atoms with E-state index in [1.807, 2.05) is 13.0 Å². The molecule has 0 bridgehead atoms. The second-order valence-electron chi connectivity index (χ2n) is 4.27. The molecule has 0 amide bonds. The smallest absolute Gasteiger partial charge is 0.322 e. The molecule has 0 aliphatic heterocycles. The molecule has 0 aliphatic carbocycles. The summed E-state index contributed by atoms with van der Waals surface area (Å²) in [4.78, 5) is 12.4. The van der Waals surface area contributed by atoms with Gasteiger partial charge in [0.1, 0.15) is 5.82 Å². The normalized spacial score (nSPS) is 10.2. The standard InChI is InChI=1S/C14H18FN5O/c1-3-16-12-18-13(20-14(19-12)21-2)17-9-8-10-6-4-5-7-11(10)15/h4-7H,3,8-9H2,1-2H3,(H2,16,17,18,19,20). The number of nitrogens with zero attached hydrogens (tertiary/aromatic N) is 3. The van der Waals surface area contributed by atoms with Crippen LogP contribution in [0.1, 0.15) is 12.5 Å². The molecule has 6 nitrogen and oxygen atoms in total. The highest BCUT2D eigenvalue weighted by atomic mass is 19.1. The van der Waals surface area contributed by atoms with Crippen molar-refractivity contribution in [1.29, 1.82) is 0 Å². The molecular weight excluding hydrogens is 273 g/mol. The Balaban J connectivity index is 1.99. The molecule has 0 unspecified atom stereocenters. The lowest BCUT2D eigenvalue weighted by Gasteiger charge is -2.09. The van der Waals surface area contributed by atoms with Crippen molar-refractivity contribution < 1.29 is 9.13 Å². The van der Waals surface area contributed by atoms with Crippen LogP contribution >= 0.6 is 0 Å². The van der Waals surface area contributed by atoms with E-state index in [-0.39, 0.29) is 11.8 Å². The first-order chi connectivity index (χ1) is 10.2. The Morgan fingerprint density at radius 2 is 1.81 bits per heavy atom. The molecule has 2 N–H and O–H groups in total. The first-order valence-corrected chi connectivity index (χ1v) is 6.74. The van der Waals surface area contributed by atoms with Crippen LogP contribution in [0, 0.1) is 5.82 Å². The molecule has 21 heavy (non-hydrogen) atoms. The number of anilines is 2. The van der Waals surface area contributed by atoms with Gasteiger partial charge in [0.25, 0.3) is 0 Å². The molecule has 112 valence electrons. The molecule has 0 atom stereocenters. The van der Waals surface area contributed by atoms with Crippen LogP contribution in [0.25, 0.3) is 0 Å². The number of benzene rings is 1. The maximum absolute atomic E-state index is 13.5. The van der Waals surface area contributed by atoms with Gasteiger partial charge in [-0.05, 0) is 25.0 Å². The summed E-state index contributed by atoms with van der Waals surface area (Å²) in [6.07, 6.45) is 0.539. The summed E-state index contributed by atoms with van der Waals surface area (Å²) in [7, 11) is 1.49. The molecule has 0 spiro atoms. The van der Waals surface area contributed by atoms with E-state index in [1.54, 1.807) is 12.1 Å². The minimum atomic E-state index is -0.208. The van der Waals surface area contributed by atoms with Crippen LogP contribution in [0.15, 0.2) is 24.3 Å². The molecular formula is C14H18FN5O. The Hall–Kier alpha value is -2.44. The Morgan fingerprint density at radius 1 is 1.10 bits per heavy atom. The van der Waals surface area contributed by atoms with Gasteiger partial charge in [-0.2, -0.15) is 15.0 Å². The molecule has 0 fully saturated rings. The average Bonchev–Trinajstić information content (AvgIpc) is 2.49. The first-order valence-electron chi connectivity index (χ1n) is 6.74. The van der Waals surface area contributed by atoms with Crippen LogP contribution < -0.4 is 15.4 Å². The maximum atomic E-state index is 13.5. The van der Waals surface area contributed by atoms with Gasteiger partial charge >= 0.3 is 6.01 Å². The van der Waals surface area contributed by atoms with E-state index in [0.717, 1.165) is 0 Å². The lowest BCUT2D eigenvalue weighted by Crippen LogP contribution is -2.12. The minimum absolute atomic E-state index is 0.208. The summed E-state index contributed by atoms with van der Waals surface area (Å²) in [5.74, 6) is 0.632. The van der Waals surface area contributed by atoms with Gasteiger partial charge in [-0.25, -0.2) is 4.39 Å². The third-order valence-corrected chi connectivity index (χ3v) is 2.77. The summed E-state index contributed by atoms with van der Waals surface area (Å²) < 4.78 is 18.5. The second-order valence-corrected chi connectivity index (χ2v) is 4.27. The van der Waals surface area contributed by atoms with Crippen molar-refractivity contribution in [2.45, 2.75) is 13.3 Å². The Labute approximate surface area is 122 Å². The van der Waals surface area contributed by atoms with Gasteiger partial charge in [0.2, 0.25) is 11.9 Å². The lowest BCUT2D eigenvalue weighted by atomic mass is 10.1. The highest BCUT2D eigenvalue weighted by Crippen LogP contribution is 2.11. The summed E-state index contributed by atoms with van der Waals surface area (Å²) in [5, 5.41) is 6.04. The molecule has 0 saturated carbocycles. The van der Waals surface area contributed by atoms with Crippen molar-refractivity contribution in [3.8, 4) is 6.01 Å². The number of rotatable bonds is 7. The third-order valence-electron chi connectivity index (χ3n) is 2.77. The zero-order valence-corrected chi connectivity index (χ0v) is 12.1. The van der Waals surface area contributed by atoms with E-state index in [0.29, 0.717) is 37.0 Å². The number of ether oxygens (including phenoxy) is 1. The fourth-order valence-electron chi connectivity index (χ4n) is 1.77. The first kappa shape index (κ1) is 15.0. The minimum Gasteiger partial charge on any atom is -0.467 e. The SMILES string of the molecule is CCNc1nc(NCCc2ccccc2F)nc(OC)n1. The Morgan fingerprint density at radius 3 is 2.48 bits per heavy atom. The van der Waals surface area contributed by atoms with Crippen LogP contribution in [0.3, 0.4) is 0 Å². The molecule has 1 heterocycles. The van der Waals surface area contributed by atoms with Crippen LogP contribution in [0.5, 0.6) is 6.01 Å². The van der Waals surface area contributed by atoms with Gasteiger partial charge < -0.3 is 15.4 Å². The summed E-state index contributed by atoms with van der Waals surface area (Å²) in [5.41, 5.74) is 0.651. The predicted octanol–water partition coefficient (Wildman–Crippen LogP) is 2.11. The highest BCUT2D eigenvalue weighted by molar-refractivity contribution is 5.36. The largest absolute Gasteiger partial charge is 0.467 e. The van der Waals surface area contributed by atoms with Gasteiger partial charge in [0, 0.05) is 13.1 Å². The van der Waals surface area contributed by atoms with Crippen molar-refractivity contribution in [3.05, 3.63) is 35.6 Å². The maximum Gasteiger partial charge on any atom is 0.322 e. The van der Waals surface area contributed by atoms with Crippen molar-refractivity contribution in [1.82, 2.24) is 15.0 Å². The van der Waals surface area contributed by atoms with Crippen LogP contribution in [0.4, 0.5) is 16.3 Å². The predicted molar refractivity (Wildman–Crippen MR) is 79.1 cm³/mol. The van der Waals surface area contributed by atoms with Gasteiger partial charge in [0.05, 0.1) is 7.11 Å². The van der Waals surface area contributed by atoms with E-state index in [9.17, 15) is 4.39 Å². The van der Waals surface area contributed by atoms with Crippen LogP contribution in [-0.2, 0) is 6.42 Å². The van der Waals surface area contributed by atoms with Crippen molar-refractivity contribution in [2.75, 3.05) is 30.8 Å². The molecule has 1 aromatic heterocycles. The molecule has 0 aliphatic rings. The Kier molecular flexibility index (Phi) is 5.25. The van der Waals surface area contributed by atoms with Gasteiger partial charge in [-0.15, -0.1) is 0 Å². The molecule has 2 aromatic rings. The van der Waals surface area contributed by atoms with E-state index < -0.39 is 0 Å². The van der Waals surface area contributed by atoms with Crippen LogP contribution in [0.2, 0.25) is 0 Å². The van der Waals surface area contributed by atoms with Gasteiger partial charge in [0.15, 0.2) is 0 Å². The van der Waals surface area contributed by atoms with Crippen molar-refractivity contribution >= 4 is 11.9 Å². The van der Waals surface area contributed by atoms with Crippen molar-refractivity contribution in [3.63, 3.8) is 0 Å². The number of hydrogen-bond acceptors (Lipinski definition) is 6. The third kappa shape index (κ3) is 4.27. The monoisotopic (exact) mass is 291 g/mol. The van der Waals surface area contributed by atoms with Crippen LogP contribution in [-0.4, -0.2) is 35.2 Å². The van der Waals surface area contributed by atoms with Crippen molar-refractivity contribution in [2.24, 2.45) is 0 Å². The van der Waals surface area contributed by atoms with E-state index in [4.69, 9.17) is 4.74 Å². The zero-order valence-electron chi connectivity index (χ0n) is 12.1. The average molecular weight is 291 g/mol. The lowest BCUT2D eigenvalue weighted by molar-refractivity contribution is 0.379. The van der Waals surface area contributed by atoms with E-state index >= 15 is 0 Å². The highest BCUT2D eigenvalue weighted by Gasteiger charge is 2.06. The van der Waals surface area contributed by atoms with E-state index in [2.05, 4.69) is 25.6 Å². The molecule has 0 saturated heterocycles. The number of methoxy groups -OCH3 is 1. The zero-order chi connectivity index (χ0) is 15.1. The van der Waals surface area contributed by atoms with Gasteiger partial charge in [-0.1, -0.05) is 18.2 Å². The molecule has 0 radical (unpaired) electrons. The number of nitrogens with one attached hydrogen (secondary N) is 2. The van der Waals surface area contributed by atoms with Gasteiger partial charge in [-0.3, -0.25) is 0 Å². The Bertz CT molecular complexity index is 593. The summed E-state index contributed by atoms with van der Waals surface area (Å²) in [6, 6.07) is 6.92. The topological polar surface area (TPSA) is 72.0 Å². The summed E-state index contributed by atoms with van der Waals surface area (Å²) >= 11 is 0. The fourth-order valence-corrected chi connectivity index (χ4v) is 1.77. The quantitative estimate of drug-likeness (QED) is 0.814. The second kappa shape index (κ2) is 7.37. The fraction of sp³-hybridized carbons (Fsp3) is 0.357. The van der Waals surface area contributed by atoms with E-state index in [1.165, 1.54) is 13.2 Å². The summed E-state index contributed by atoms with van der Waals surface area (Å²) in [6.45, 7) is 3.16. The molecule has 7 heteroatoms. The molecule has 2 rings (SSSR count).